The SMILES string of the molecule is COCCN1C(=O)C2NNC(c3ccccc3O)C2C1c1cccc(Br)c1. The third-order valence-corrected chi connectivity index (χ3v) is 5.91. The van der Waals surface area contributed by atoms with Gasteiger partial charge in [0, 0.05) is 29.6 Å². The molecule has 7 heteroatoms. The zero-order valence-corrected chi connectivity index (χ0v) is 16.5. The molecule has 27 heavy (non-hydrogen) atoms. The second kappa shape index (κ2) is 7.59. The van der Waals surface area contributed by atoms with E-state index in [1.54, 1.807) is 19.2 Å². The normalized spacial score (nSPS) is 27.2. The first-order valence-corrected chi connectivity index (χ1v) is 9.75. The van der Waals surface area contributed by atoms with Crippen LogP contribution in [0.1, 0.15) is 23.2 Å². The number of halogens is 1. The van der Waals surface area contributed by atoms with Crippen LogP contribution in [0, 0.1) is 5.92 Å². The summed E-state index contributed by atoms with van der Waals surface area (Å²) in [6.07, 6.45) is 0. The van der Waals surface area contributed by atoms with Crippen molar-refractivity contribution in [2.24, 2.45) is 5.92 Å². The van der Waals surface area contributed by atoms with Crippen molar-refractivity contribution in [3.8, 4) is 5.75 Å². The fourth-order valence-electron chi connectivity index (χ4n) is 4.25. The predicted molar refractivity (Wildman–Crippen MR) is 105 cm³/mol. The van der Waals surface area contributed by atoms with Crippen LogP contribution >= 0.6 is 15.9 Å². The van der Waals surface area contributed by atoms with E-state index >= 15 is 0 Å². The lowest BCUT2D eigenvalue weighted by Gasteiger charge is -2.31. The number of nitrogens with zero attached hydrogens (tertiary/aromatic N) is 1. The van der Waals surface area contributed by atoms with E-state index in [1.807, 2.05) is 35.2 Å². The largest absolute Gasteiger partial charge is 0.508 e. The van der Waals surface area contributed by atoms with Crippen molar-refractivity contribution >= 4 is 21.8 Å². The summed E-state index contributed by atoms with van der Waals surface area (Å²) >= 11 is 3.54. The predicted octanol–water partition coefficient (Wildman–Crippen LogP) is 2.52. The highest BCUT2D eigenvalue weighted by atomic mass is 79.9. The standard InChI is InChI=1S/C20H22BrN3O3/c1-27-10-9-24-19(12-5-4-6-13(21)11-12)16-17(22-23-18(16)20(24)26)14-7-2-3-8-15(14)25/h2-8,11,16-19,22-23,25H,9-10H2,1H3. The molecule has 142 valence electrons. The fourth-order valence-corrected chi connectivity index (χ4v) is 4.66. The molecule has 2 aliphatic heterocycles. The number of para-hydroxylation sites is 1. The summed E-state index contributed by atoms with van der Waals surface area (Å²) in [4.78, 5) is 15.0. The topological polar surface area (TPSA) is 73.8 Å². The quantitative estimate of drug-likeness (QED) is 0.678. The van der Waals surface area contributed by atoms with Crippen molar-refractivity contribution in [2.75, 3.05) is 20.3 Å². The number of aromatic hydroxyl groups is 1. The van der Waals surface area contributed by atoms with Gasteiger partial charge in [0.25, 0.3) is 0 Å². The van der Waals surface area contributed by atoms with Gasteiger partial charge in [-0.1, -0.05) is 46.3 Å². The van der Waals surface area contributed by atoms with Crippen LogP contribution < -0.4 is 10.9 Å². The molecule has 0 aromatic heterocycles. The molecule has 0 bridgehead atoms. The van der Waals surface area contributed by atoms with Crippen molar-refractivity contribution < 1.29 is 14.6 Å². The van der Waals surface area contributed by atoms with E-state index in [0.29, 0.717) is 13.2 Å². The number of methoxy groups -OCH3 is 1. The number of hydrogen-bond acceptors (Lipinski definition) is 5. The molecule has 0 radical (unpaired) electrons. The second-order valence-electron chi connectivity index (χ2n) is 6.90. The lowest BCUT2D eigenvalue weighted by atomic mass is 9.83. The van der Waals surface area contributed by atoms with E-state index in [4.69, 9.17) is 4.74 Å². The Morgan fingerprint density at radius 1 is 1.15 bits per heavy atom. The van der Waals surface area contributed by atoms with Crippen LogP contribution in [0.5, 0.6) is 5.75 Å². The molecule has 0 saturated carbocycles. The van der Waals surface area contributed by atoms with Crippen LogP contribution in [0.25, 0.3) is 0 Å². The van der Waals surface area contributed by atoms with Gasteiger partial charge in [-0.25, -0.2) is 10.9 Å². The Kier molecular flexibility index (Phi) is 5.19. The zero-order chi connectivity index (χ0) is 19.0. The van der Waals surface area contributed by atoms with Crippen molar-refractivity contribution in [1.29, 1.82) is 0 Å². The minimum absolute atomic E-state index is 0.0486. The van der Waals surface area contributed by atoms with E-state index in [0.717, 1.165) is 15.6 Å². The van der Waals surface area contributed by atoms with Gasteiger partial charge in [-0.05, 0) is 23.8 Å². The van der Waals surface area contributed by atoms with Crippen LogP contribution in [0.3, 0.4) is 0 Å². The zero-order valence-electron chi connectivity index (χ0n) is 14.9. The summed E-state index contributed by atoms with van der Waals surface area (Å²) < 4.78 is 6.21. The number of carbonyl (C=O) groups excluding carboxylic acids is 1. The number of phenols is 1. The molecule has 6 nitrogen and oxygen atoms in total. The van der Waals surface area contributed by atoms with Crippen LogP contribution in [0.4, 0.5) is 0 Å². The third-order valence-electron chi connectivity index (χ3n) is 5.41. The summed E-state index contributed by atoms with van der Waals surface area (Å²) in [6, 6.07) is 14.7. The molecule has 0 spiro atoms. The molecule has 2 aromatic carbocycles. The number of benzene rings is 2. The number of likely N-dealkylation sites (tertiary alicyclic amines) is 1. The van der Waals surface area contributed by atoms with Crippen molar-refractivity contribution in [3.63, 3.8) is 0 Å². The van der Waals surface area contributed by atoms with Crippen LogP contribution in [0.2, 0.25) is 0 Å². The first-order valence-electron chi connectivity index (χ1n) is 8.95. The van der Waals surface area contributed by atoms with Gasteiger partial charge < -0.3 is 14.7 Å². The maximum Gasteiger partial charge on any atom is 0.242 e. The van der Waals surface area contributed by atoms with E-state index in [9.17, 15) is 9.90 Å². The number of nitrogens with one attached hydrogen (secondary N) is 2. The molecule has 3 N–H and O–H groups in total. The van der Waals surface area contributed by atoms with Gasteiger partial charge in [0.2, 0.25) is 5.91 Å². The van der Waals surface area contributed by atoms with E-state index < -0.39 is 0 Å². The Balaban J connectivity index is 1.77. The lowest BCUT2D eigenvalue weighted by Crippen LogP contribution is -2.42. The Hall–Kier alpha value is -1.93. The fraction of sp³-hybridized carbons (Fsp3) is 0.350. The highest BCUT2D eigenvalue weighted by molar-refractivity contribution is 9.10. The monoisotopic (exact) mass is 431 g/mol. The average Bonchev–Trinajstić information content (AvgIpc) is 3.20. The summed E-state index contributed by atoms with van der Waals surface area (Å²) in [7, 11) is 1.64. The molecule has 2 fully saturated rings. The third kappa shape index (κ3) is 3.25. The van der Waals surface area contributed by atoms with Crippen molar-refractivity contribution in [1.82, 2.24) is 15.8 Å². The van der Waals surface area contributed by atoms with Gasteiger partial charge in [-0.15, -0.1) is 0 Å². The van der Waals surface area contributed by atoms with E-state index in [2.05, 4.69) is 32.8 Å². The maximum atomic E-state index is 13.1. The molecular weight excluding hydrogens is 410 g/mol. The number of phenolic OH excluding ortho intramolecular Hbond substituents is 1. The molecular formula is C20H22BrN3O3. The number of carbonyl (C=O) groups is 1. The van der Waals surface area contributed by atoms with Crippen LogP contribution in [0.15, 0.2) is 53.0 Å². The molecule has 1 amide bonds. The lowest BCUT2D eigenvalue weighted by molar-refractivity contribution is -0.131. The van der Waals surface area contributed by atoms with Crippen molar-refractivity contribution in [2.45, 2.75) is 18.1 Å². The van der Waals surface area contributed by atoms with E-state index in [-0.39, 0.29) is 35.7 Å². The van der Waals surface area contributed by atoms with Gasteiger partial charge >= 0.3 is 0 Å². The highest BCUT2D eigenvalue weighted by Crippen LogP contribution is 2.48. The Morgan fingerprint density at radius 3 is 2.67 bits per heavy atom. The highest BCUT2D eigenvalue weighted by Gasteiger charge is 2.55. The first kappa shape index (κ1) is 18.4. The summed E-state index contributed by atoms with van der Waals surface area (Å²) in [6.45, 7) is 0.999. The number of ether oxygens (including phenoxy) is 1. The first-order chi connectivity index (χ1) is 13.1. The molecule has 4 unspecified atom stereocenters. The van der Waals surface area contributed by atoms with Gasteiger partial charge in [-0.3, -0.25) is 4.79 Å². The molecule has 4 rings (SSSR count). The average molecular weight is 432 g/mol. The Labute approximate surface area is 166 Å². The molecule has 2 heterocycles. The molecule has 2 saturated heterocycles. The Bertz CT molecular complexity index is 847. The van der Waals surface area contributed by atoms with Crippen LogP contribution in [-0.4, -0.2) is 42.2 Å². The summed E-state index contributed by atoms with van der Waals surface area (Å²) in [5.74, 6) is 0.220. The maximum absolute atomic E-state index is 13.1. The number of fused-ring (bicyclic) bond motifs is 1. The molecule has 4 atom stereocenters. The van der Waals surface area contributed by atoms with Crippen LogP contribution in [-0.2, 0) is 9.53 Å². The number of rotatable bonds is 5. The van der Waals surface area contributed by atoms with E-state index in [1.165, 1.54) is 0 Å². The van der Waals surface area contributed by atoms with Gasteiger partial charge in [0.15, 0.2) is 0 Å². The summed E-state index contributed by atoms with van der Waals surface area (Å²) in [5.41, 5.74) is 8.25. The minimum Gasteiger partial charge on any atom is -0.508 e. The van der Waals surface area contributed by atoms with Gasteiger partial charge in [-0.2, -0.15) is 0 Å². The minimum atomic E-state index is -0.351. The number of amides is 1. The van der Waals surface area contributed by atoms with Crippen molar-refractivity contribution in [3.05, 3.63) is 64.1 Å². The molecule has 2 aromatic rings. The summed E-state index contributed by atoms with van der Waals surface area (Å²) in [5, 5.41) is 10.4. The molecule has 2 aliphatic rings. The Morgan fingerprint density at radius 2 is 1.93 bits per heavy atom. The van der Waals surface area contributed by atoms with Gasteiger partial charge in [0.05, 0.1) is 18.7 Å². The van der Waals surface area contributed by atoms with Gasteiger partial charge in [0.1, 0.15) is 11.8 Å². The second-order valence-corrected chi connectivity index (χ2v) is 7.82. The molecule has 0 aliphatic carbocycles. The smallest absolute Gasteiger partial charge is 0.242 e. The number of hydrogen-bond donors (Lipinski definition) is 3. The number of hydrazine groups is 1.